The average molecular weight is 346 g/mol. The Balaban J connectivity index is 1.78. The number of para-hydroxylation sites is 2. The Morgan fingerprint density at radius 1 is 1.38 bits per heavy atom. The summed E-state index contributed by atoms with van der Waals surface area (Å²) in [5, 5.41) is 4.16. The van der Waals surface area contributed by atoms with Crippen molar-refractivity contribution >= 4 is 28.8 Å². The molecule has 1 N–H and O–H groups in total. The third-order valence-electron chi connectivity index (χ3n) is 4.48. The highest BCUT2D eigenvalue weighted by Crippen LogP contribution is 2.21. The van der Waals surface area contributed by atoms with Crippen molar-refractivity contribution in [1.29, 1.82) is 0 Å². The third kappa shape index (κ3) is 3.69. The molecular formula is C18H27N5S. The molecule has 0 spiro atoms. The van der Waals surface area contributed by atoms with Crippen molar-refractivity contribution in [3.8, 4) is 0 Å². The first-order valence-electron chi connectivity index (χ1n) is 8.78. The van der Waals surface area contributed by atoms with Crippen molar-refractivity contribution in [2.45, 2.75) is 32.1 Å². The number of hydrogen-bond acceptors (Lipinski definition) is 3. The van der Waals surface area contributed by atoms with E-state index in [1.54, 1.807) is 0 Å². The van der Waals surface area contributed by atoms with Gasteiger partial charge in [-0.15, -0.1) is 0 Å². The first-order valence-corrected chi connectivity index (χ1v) is 9.83. The van der Waals surface area contributed by atoms with Crippen LogP contribution in [0.25, 0.3) is 11.0 Å². The van der Waals surface area contributed by atoms with Crippen molar-refractivity contribution < 1.29 is 0 Å². The van der Waals surface area contributed by atoms with Gasteiger partial charge in [0.25, 0.3) is 0 Å². The molecule has 6 heteroatoms. The van der Waals surface area contributed by atoms with Crippen LogP contribution in [0.4, 0.5) is 0 Å². The molecule has 24 heavy (non-hydrogen) atoms. The monoisotopic (exact) mass is 345 g/mol. The minimum Gasteiger partial charge on any atom is -0.357 e. The number of nitrogens with zero attached hydrogens (tertiary/aromatic N) is 4. The van der Waals surface area contributed by atoms with E-state index in [9.17, 15) is 0 Å². The predicted molar refractivity (Wildman–Crippen MR) is 104 cm³/mol. The Bertz CT molecular complexity index is 708. The Kier molecular flexibility index (Phi) is 5.66. The molecule has 3 rings (SSSR count). The van der Waals surface area contributed by atoms with Gasteiger partial charge in [-0.2, -0.15) is 11.8 Å². The molecule has 0 radical (unpaired) electrons. The molecule has 1 unspecified atom stereocenters. The van der Waals surface area contributed by atoms with E-state index < -0.39 is 0 Å². The Hall–Kier alpha value is -1.69. The van der Waals surface area contributed by atoms with E-state index in [1.165, 1.54) is 12.2 Å². The minimum atomic E-state index is 0.605. The average Bonchev–Trinajstić information content (AvgIpc) is 2.95. The first-order chi connectivity index (χ1) is 11.7. The molecule has 0 amide bonds. The van der Waals surface area contributed by atoms with Gasteiger partial charge >= 0.3 is 0 Å². The van der Waals surface area contributed by atoms with Gasteiger partial charge in [0.15, 0.2) is 5.96 Å². The van der Waals surface area contributed by atoms with E-state index in [-0.39, 0.29) is 0 Å². The van der Waals surface area contributed by atoms with Crippen LogP contribution in [-0.2, 0) is 13.6 Å². The van der Waals surface area contributed by atoms with Crippen LogP contribution >= 0.6 is 11.8 Å². The summed E-state index contributed by atoms with van der Waals surface area (Å²) in [5.41, 5.74) is 2.20. The molecule has 1 atom stereocenters. The second-order valence-electron chi connectivity index (χ2n) is 6.09. The summed E-state index contributed by atoms with van der Waals surface area (Å²) in [6.45, 7) is 8.03. The van der Waals surface area contributed by atoms with E-state index in [0.29, 0.717) is 11.8 Å². The molecule has 0 bridgehead atoms. The SMILES string of the molecule is CCNC(=NCc1nc2ccccc2n1C)N1CCSC(CC)C1. The van der Waals surface area contributed by atoms with Crippen molar-refractivity contribution in [1.82, 2.24) is 19.8 Å². The molecule has 1 fully saturated rings. The number of fused-ring (bicyclic) bond motifs is 1. The first kappa shape index (κ1) is 17.1. The fourth-order valence-corrected chi connectivity index (χ4v) is 4.25. The zero-order valence-electron chi connectivity index (χ0n) is 14.8. The van der Waals surface area contributed by atoms with E-state index in [4.69, 9.17) is 9.98 Å². The number of imidazole rings is 1. The minimum absolute atomic E-state index is 0.605. The molecule has 1 aromatic carbocycles. The summed E-state index contributed by atoms with van der Waals surface area (Å²) < 4.78 is 2.14. The van der Waals surface area contributed by atoms with Crippen molar-refractivity contribution in [3.63, 3.8) is 0 Å². The highest BCUT2D eigenvalue weighted by Gasteiger charge is 2.21. The van der Waals surface area contributed by atoms with E-state index >= 15 is 0 Å². The van der Waals surface area contributed by atoms with Gasteiger partial charge in [0.05, 0.1) is 11.0 Å². The quantitative estimate of drug-likeness (QED) is 0.684. The van der Waals surface area contributed by atoms with Crippen molar-refractivity contribution in [2.75, 3.05) is 25.4 Å². The smallest absolute Gasteiger partial charge is 0.194 e. The van der Waals surface area contributed by atoms with Crippen molar-refractivity contribution in [2.24, 2.45) is 12.0 Å². The molecule has 5 nitrogen and oxygen atoms in total. The van der Waals surface area contributed by atoms with Gasteiger partial charge in [-0.1, -0.05) is 19.1 Å². The Labute approximate surface area is 148 Å². The molecule has 1 saturated heterocycles. The summed E-state index contributed by atoms with van der Waals surface area (Å²) in [6.07, 6.45) is 1.21. The normalized spacial score (nSPS) is 19.0. The van der Waals surface area contributed by atoms with Gasteiger partial charge in [-0.3, -0.25) is 0 Å². The molecule has 2 aromatic rings. The van der Waals surface area contributed by atoms with Crippen LogP contribution in [0.15, 0.2) is 29.3 Å². The second-order valence-corrected chi connectivity index (χ2v) is 7.50. The van der Waals surface area contributed by atoms with Crippen molar-refractivity contribution in [3.05, 3.63) is 30.1 Å². The van der Waals surface area contributed by atoms with Crippen LogP contribution in [0.2, 0.25) is 0 Å². The lowest BCUT2D eigenvalue weighted by atomic mass is 10.3. The van der Waals surface area contributed by atoms with Gasteiger partial charge < -0.3 is 14.8 Å². The van der Waals surface area contributed by atoms with Gasteiger partial charge in [0.2, 0.25) is 0 Å². The molecule has 1 aliphatic rings. The largest absolute Gasteiger partial charge is 0.357 e. The van der Waals surface area contributed by atoms with Crippen LogP contribution in [0.5, 0.6) is 0 Å². The van der Waals surface area contributed by atoms with Gasteiger partial charge in [-0.25, -0.2) is 9.98 Å². The number of rotatable bonds is 4. The standard InChI is InChI=1S/C18H27N5S/c1-4-14-13-23(10-11-24-14)18(19-5-2)20-12-17-21-15-8-6-7-9-16(15)22(17)3/h6-9,14H,4-5,10-13H2,1-3H3,(H,19,20). The number of aliphatic imine (C=N–C) groups is 1. The molecule has 2 heterocycles. The van der Waals surface area contributed by atoms with Crippen LogP contribution < -0.4 is 5.32 Å². The van der Waals surface area contributed by atoms with Gasteiger partial charge in [0.1, 0.15) is 12.4 Å². The van der Waals surface area contributed by atoms with E-state index in [0.717, 1.165) is 42.5 Å². The third-order valence-corrected chi connectivity index (χ3v) is 5.85. The lowest BCUT2D eigenvalue weighted by molar-refractivity contribution is 0.408. The Morgan fingerprint density at radius 3 is 2.96 bits per heavy atom. The summed E-state index contributed by atoms with van der Waals surface area (Å²) in [4.78, 5) is 12.0. The predicted octanol–water partition coefficient (Wildman–Crippen LogP) is 2.87. The number of benzene rings is 1. The van der Waals surface area contributed by atoms with Crippen LogP contribution in [0.1, 0.15) is 26.1 Å². The number of hydrogen-bond donors (Lipinski definition) is 1. The maximum Gasteiger partial charge on any atom is 0.194 e. The fourth-order valence-electron chi connectivity index (χ4n) is 3.07. The summed E-state index contributed by atoms with van der Waals surface area (Å²) >= 11 is 2.08. The number of aromatic nitrogens is 2. The number of guanidine groups is 1. The van der Waals surface area contributed by atoms with Crippen LogP contribution in [0.3, 0.4) is 0 Å². The maximum atomic E-state index is 4.87. The summed E-state index contributed by atoms with van der Waals surface area (Å²) in [7, 11) is 2.07. The number of aryl methyl sites for hydroxylation is 1. The molecule has 1 aliphatic heterocycles. The van der Waals surface area contributed by atoms with E-state index in [1.807, 2.05) is 6.07 Å². The zero-order chi connectivity index (χ0) is 16.9. The molecule has 130 valence electrons. The maximum absolute atomic E-state index is 4.87. The molecule has 0 saturated carbocycles. The fraction of sp³-hybridized carbons (Fsp3) is 0.556. The summed E-state index contributed by atoms with van der Waals surface area (Å²) in [5.74, 6) is 3.20. The van der Waals surface area contributed by atoms with Gasteiger partial charge in [0, 0.05) is 37.7 Å². The molecule has 1 aromatic heterocycles. The van der Waals surface area contributed by atoms with Crippen LogP contribution in [0, 0.1) is 0 Å². The molecule has 0 aliphatic carbocycles. The molecular weight excluding hydrogens is 318 g/mol. The second kappa shape index (κ2) is 7.92. The lowest BCUT2D eigenvalue weighted by Crippen LogP contribution is -2.48. The lowest BCUT2D eigenvalue weighted by Gasteiger charge is -2.34. The van der Waals surface area contributed by atoms with E-state index in [2.05, 4.69) is 65.6 Å². The Morgan fingerprint density at radius 2 is 2.21 bits per heavy atom. The van der Waals surface area contributed by atoms with Crippen LogP contribution in [-0.4, -0.2) is 51.0 Å². The topological polar surface area (TPSA) is 45.5 Å². The zero-order valence-corrected chi connectivity index (χ0v) is 15.6. The van der Waals surface area contributed by atoms with Gasteiger partial charge in [-0.05, 0) is 25.5 Å². The highest BCUT2D eigenvalue weighted by molar-refractivity contribution is 8.00. The summed E-state index contributed by atoms with van der Waals surface area (Å²) in [6, 6.07) is 8.25. The number of nitrogens with one attached hydrogen (secondary N) is 1. The highest BCUT2D eigenvalue weighted by atomic mass is 32.2. The number of thioether (sulfide) groups is 1.